The van der Waals surface area contributed by atoms with Gasteiger partial charge in [-0.25, -0.2) is 54.5 Å². The Labute approximate surface area is 307 Å². The molecule has 0 aliphatic carbocycles. The molecule has 4 aromatic carbocycles. The third-order valence-electron chi connectivity index (χ3n) is 6.65. The smallest absolute Gasteiger partial charge is 0.248 e. The minimum atomic E-state index is -3.79. The van der Waals surface area contributed by atoms with Crippen molar-refractivity contribution in [2.75, 3.05) is 22.1 Å². The number of aromatic amines is 1. The lowest BCUT2D eigenvalue weighted by Gasteiger charge is -2.05. The summed E-state index contributed by atoms with van der Waals surface area (Å²) in [5.74, 6) is -1.91. The second kappa shape index (κ2) is 17.3. The van der Waals surface area contributed by atoms with Crippen LogP contribution in [0.5, 0.6) is 0 Å². The van der Waals surface area contributed by atoms with E-state index in [2.05, 4.69) is 51.8 Å². The SMILES string of the molecule is Fc1cccc(F)c1CBr.Nc1nc(Nc2ccc(S(N)(=O)=O)cc2)n[nH]1.Nc1nc(Nc2ccc(S(N)(=O)=O)cc2)nn1Cc1c(F)cccc1F. The van der Waals surface area contributed by atoms with Crippen LogP contribution in [0.4, 0.5) is 52.7 Å². The summed E-state index contributed by atoms with van der Waals surface area (Å²) in [6.45, 7) is -0.233. The van der Waals surface area contributed by atoms with Crippen molar-refractivity contribution in [1.29, 1.82) is 0 Å². The Bertz CT molecular complexity index is 2360. The van der Waals surface area contributed by atoms with E-state index < -0.39 is 43.3 Å². The molecular formula is C30H29BrF4N12O4S2. The predicted molar refractivity (Wildman–Crippen MR) is 192 cm³/mol. The molecule has 23 heteroatoms. The van der Waals surface area contributed by atoms with E-state index in [4.69, 9.17) is 21.7 Å². The van der Waals surface area contributed by atoms with Crippen molar-refractivity contribution >= 4 is 71.1 Å². The fourth-order valence-electron chi connectivity index (χ4n) is 4.06. The summed E-state index contributed by atoms with van der Waals surface area (Å²) in [6.07, 6.45) is 0. The lowest BCUT2D eigenvalue weighted by molar-refractivity contribution is 0.535. The van der Waals surface area contributed by atoms with Crippen LogP contribution in [0.25, 0.3) is 0 Å². The number of nitrogens with zero attached hydrogens (tertiary/aromatic N) is 5. The van der Waals surface area contributed by atoms with Crippen molar-refractivity contribution in [3.63, 3.8) is 0 Å². The monoisotopic (exact) mass is 840 g/mol. The van der Waals surface area contributed by atoms with E-state index in [1.807, 2.05) is 0 Å². The van der Waals surface area contributed by atoms with Gasteiger partial charge in [-0.1, -0.05) is 28.1 Å². The Balaban J connectivity index is 0.000000198. The summed E-state index contributed by atoms with van der Waals surface area (Å²) in [5.41, 5.74) is 12.1. The highest BCUT2D eigenvalue weighted by atomic mass is 79.9. The zero-order valence-corrected chi connectivity index (χ0v) is 30.1. The molecule has 0 saturated carbocycles. The fraction of sp³-hybridized carbons (Fsp3) is 0.0667. The predicted octanol–water partition coefficient (Wildman–Crippen LogP) is 4.22. The van der Waals surface area contributed by atoms with Gasteiger partial charge in [0.25, 0.3) is 0 Å². The van der Waals surface area contributed by atoms with Crippen LogP contribution in [-0.2, 0) is 31.9 Å². The summed E-state index contributed by atoms with van der Waals surface area (Å²) in [4.78, 5) is 7.79. The summed E-state index contributed by atoms with van der Waals surface area (Å²) in [5, 5.41) is 26.1. The van der Waals surface area contributed by atoms with Crippen molar-refractivity contribution < 1.29 is 34.4 Å². The number of benzene rings is 4. The van der Waals surface area contributed by atoms with E-state index in [9.17, 15) is 34.4 Å². The highest BCUT2D eigenvalue weighted by Crippen LogP contribution is 2.20. The van der Waals surface area contributed by atoms with Crippen molar-refractivity contribution in [3.05, 3.63) is 119 Å². The lowest BCUT2D eigenvalue weighted by Crippen LogP contribution is -2.11. The molecule has 0 bridgehead atoms. The molecule has 6 aromatic rings. The standard InChI is InChI=1S/C15H14F2N6O2S.C8H10N6O2S.C7H5BrF2/c16-12-2-1-3-13(17)11(12)8-23-14(18)21-15(22-23)20-9-4-6-10(7-5-9)26(19,24)25;9-7-12-8(14-13-7)11-5-1-3-6(4-2-5)17(10,15)16;8-4-5-6(9)2-1-3-7(5)10/h1-7H,8H2,(H2,19,24,25)(H3,18,20,21,22);1-4H,(H2,10,15,16)(H4,9,11,12,13,14);1-3H,4H2. The third kappa shape index (κ3) is 11.4. The normalized spacial score (nSPS) is 11.2. The maximum atomic E-state index is 13.7. The topological polar surface area (TPSA) is 269 Å². The highest BCUT2D eigenvalue weighted by Gasteiger charge is 2.14. The number of aromatic nitrogens is 6. The van der Waals surface area contributed by atoms with Crippen LogP contribution < -0.4 is 32.4 Å². The number of sulfonamides is 2. The van der Waals surface area contributed by atoms with E-state index in [-0.39, 0.29) is 50.6 Å². The van der Waals surface area contributed by atoms with Crippen LogP contribution in [-0.4, -0.2) is 46.8 Å². The number of nitrogen functional groups attached to an aromatic ring is 2. The van der Waals surface area contributed by atoms with Gasteiger partial charge in [0.1, 0.15) is 23.3 Å². The number of nitrogens with one attached hydrogen (secondary N) is 3. The van der Waals surface area contributed by atoms with E-state index in [0.29, 0.717) is 17.3 Å². The zero-order valence-electron chi connectivity index (χ0n) is 26.9. The molecule has 280 valence electrons. The molecule has 0 unspecified atom stereocenters. The molecule has 0 fully saturated rings. The van der Waals surface area contributed by atoms with Gasteiger partial charge in [0.05, 0.1) is 16.3 Å². The molecule has 11 N–H and O–H groups in total. The number of halogens is 5. The van der Waals surface area contributed by atoms with Gasteiger partial charge in [-0.3, -0.25) is 0 Å². The van der Waals surface area contributed by atoms with Gasteiger partial charge < -0.3 is 22.1 Å². The first-order chi connectivity index (χ1) is 24.9. The quantitative estimate of drug-likeness (QED) is 0.0797. The summed E-state index contributed by atoms with van der Waals surface area (Å²) >= 11 is 2.98. The maximum absolute atomic E-state index is 13.7. The van der Waals surface area contributed by atoms with Crippen molar-refractivity contribution in [1.82, 2.24) is 29.9 Å². The van der Waals surface area contributed by atoms with Crippen LogP contribution >= 0.6 is 15.9 Å². The van der Waals surface area contributed by atoms with Crippen LogP contribution in [0.15, 0.2) is 94.7 Å². The Morgan fingerprint density at radius 3 is 1.47 bits per heavy atom. The van der Waals surface area contributed by atoms with Gasteiger partial charge >= 0.3 is 0 Å². The molecular weight excluding hydrogens is 812 g/mol. The van der Waals surface area contributed by atoms with Crippen LogP contribution in [0, 0.1) is 23.3 Å². The highest BCUT2D eigenvalue weighted by molar-refractivity contribution is 9.08. The van der Waals surface area contributed by atoms with E-state index in [1.165, 1.54) is 60.7 Å². The van der Waals surface area contributed by atoms with E-state index in [0.717, 1.165) is 16.8 Å². The molecule has 0 aliphatic rings. The number of H-pyrrole nitrogens is 1. The first-order valence-electron chi connectivity index (χ1n) is 14.5. The molecule has 0 spiro atoms. The number of nitrogens with two attached hydrogens (primary N) is 4. The fourth-order valence-corrected chi connectivity index (χ4v) is 5.63. The number of rotatable bonds is 9. The molecule has 0 saturated heterocycles. The second-order valence-corrected chi connectivity index (χ2v) is 14.1. The molecule has 0 aliphatic heterocycles. The van der Waals surface area contributed by atoms with Gasteiger partial charge in [0.15, 0.2) is 0 Å². The second-order valence-electron chi connectivity index (χ2n) is 10.4. The minimum Gasteiger partial charge on any atom is -0.368 e. The van der Waals surface area contributed by atoms with Crippen molar-refractivity contribution in [3.8, 4) is 0 Å². The largest absolute Gasteiger partial charge is 0.368 e. The molecule has 0 radical (unpaired) electrons. The molecule has 16 nitrogen and oxygen atoms in total. The number of alkyl halides is 1. The van der Waals surface area contributed by atoms with Gasteiger partial charge in [-0.2, -0.15) is 9.97 Å². The molecule has 53 heavy (non-hydrogen) atoms. The molecule has 2 heterocycles. The van der Waals surface area contributed by atoms with Gasteiger partial charge in [-0.15, -0.1) is 10.2 Å². The average Bonchev–Trinajstić information content (AvgIpc) is 3.66. The van der Waals surface area contributed by atoms with Crippen LogP contribution in [0.2, 0.25) is 0 Å². The van der Waals surface area contributed by atoms with Crippen molar-refractivity contribution in [2.45, 2.75) is 21.7 Å². The Kier molecular flexibility index (Phi) is 13.1. The van der Waals surface area contributed by atoms with E-state index in [1.54, 1.807) is 12.1 Å². The molecule has 0 amide bonds. The van der Waals surface area contributed by atoms with Gasteiger partial charge in [0.2, 0.25) is 43.8 Å². The van der Waals surface area contributed by atoms with Crippen LogP contribution in [0.3, 0.4) is 0 Å². The van der Waals surface area contributed by atoms with Crippen molar-refractivity contribution in [2.24, 2.45) is 10.3 Å². The average molecular weight is 842 g/mol. The summed E-state index contributed by atoms with van der Waals surface area (Å²) in [7, 11) is -7.47. The number of hydrogen-bond acceptors (Lipinski definition) is 12. The summed E-state index contributed by atoms with van der Waals surface area (Å²) < 4.78 is 98.3. The maximum Gasteiger partial charge on any atom is 0.248 e. The number of anilines is 6. The number of primary sulfonamides is 2. The van der Waals surface area contributed by atoms with E-state index >= 15 is 0 Å². The lowest BCUT2D eigenvalue weighted by atomic mass is 10.2. The first-order valence-corrected chi connectivity index (χ1v) is 18.8. The number of hydrogen-bond donors (Lipinski definition) is 7. The third-order valence-corrected chi connectivity index (χ3v) is 9.07. The molecule has 2 aromatic heterocycles. The van der Waals surface area contributed by atoms with Gasteiger partial charge in [-0.05, 0) is 72.8 Å². The molecule has 0 atom stereocenters. The van der Waals surface area contributed by atoms with Gasteiger partial charge in [0, 0.05) is 27.8 Å². The zero-order chi connectivity index (χ0) is 38.9. The Morgan fingerprint density at radius 2 is 1.09 bits per heavy atom. The minimum absolute atomic E-state index is 0.0394. The summed E-state index contributed by atoms with van der Waals surface area (Å²) in [6, 6.07) is 18.8. The van der Waals surface area contributed by atoms with Crippen LogP contribution in [0.1, 0.15) is 11.1 Å². The first kappa shape index (κ1) is 40.2. The molecule has 6 rings (SSSR count). The Hall–Kier alpha value is -5.62. The Morgan fingerprint density at radius 1 is 0.660 bits per heavy atom.